The Balaban J connectivity index is 1.59. The lowest BCUT2D eigenvalue weighted by Crippen LogP contribution is -1.95. The van der Waals surface area contributed by atoms with E-state index < -0.39 is 0 Å². The van der Waals surface area contributed by atoms with Crippen molar-refractivity contribution >= 4 is 45.9 Å². The van der Waals surface area contributed by atoms with Crippen molar-refractivity contribution in [3.8, 4) is 11.4 Å². The van der Waals surface area contributed by atoms with E-state index in [1.165, 1.54) is 10.9 Å². The van der Waals surface area contributed by atoms with Crippen molar-refractivity contribution < 1.29 is 0 Å². The van der Waals surface area contributed by atoms with Crippen LogP contribution < -0.4 is 0 Å². The van der Waals surface area contributed by atoms with Gasteiger partial charge < -0.3 is 9.55 Å². The number of nitrogens with one attached hydrogen (secondary N) is 1. The fourth-order valence-electron chi connectivity index (χ4n) is 2.74. The van der Waals surface area contributed by atoms with Crippen LogP contribution in [0.1, 0.15) is 5.56 Å². The van der Waals surface area contributed by atoms with Crippen LogP contribution in [0.5, 0.6) is 0 Å². The molecular weight excluding hydrogens is 375 g/mol. The first kappa shape index (κ1) is 16.5. The average molecular weight is 389 g/mol. The van der Waals surface area contributed by atoms with Crippen molar-refractivity contribution in [2.75, 3.05) is 0 Å². The van der Waals surface area contributed by atoms with Crippen molar-refractivity contribution in [2.45, 2.75) is 10.9 Å². The number of nitrogens with zero attached hydrogens (tertiary/aromatic N) is 3. The number of fused-ring (bicyclic) bond motifs is 1. The molecule has 0 amide bonds. The van der Waals surface area contributed by atoms with E-state index in [-0.39, 0.29) is 0 Å². The number of halogens is 2. The van der Waals surface area contributed by atoms with Crippen LogP contribution in [0.2, 0.25) is 10.0 Å². The molecule has 0 saturated heterocycles. The maximum Gasteiger partial charge on any atom is 0.191 e. The summed E-state index contributed by atoms with van der Waals surface area (Å²) in [5.41, 5.74) is 3.21. The molecule has 0 saturated carbocycles. The van der Waals surface area contributed by atoms with E-state index in [2.05, 4.69) is 27.3 Å². The third kappa shape index (κ3) is 3.15. The highest BCUT2D eigenvalue weighted by molar-refractivity contribution is 7.98. The monoisotopic (exact) mass is 388 g/mol. The number of hydrogen-bond acceptors (Lipinski definition) is 3. The van der Waals surface area contributed by atoms with Crippen LogP contribution in [-0.4, -0.2) is 19.7 Å². The molecule has 0 bridgehead atoms. The Labute approximate surface area is 159 Å². The molecule has 0 fully saturated rings. The van der Waals surface area contributed by atoms with Crippen molar-refractivity contribution in [2.24, 2.45) is 7.05 Å². The van der Waals surface area contributed by atoms with Crippen LogP contribution in [0.15, 0.2) is 53.8 Å². The fraction of sp³-hybridized carbons (Fsp3) is 0.111. The highest BCUT2D eigenvalue weighted by Gasteiger charge is 2.15. The first-order chi connectivity index (χ1) is 12.1. The average Bonchev–Trinajstić information content (AvgIpc) is 3.17. The van der Waals surface area contributed by atoms with Crippen molar-refractivity contribution in [1.82, 2.24) is 19.7 Å². The van der Waals surface area contributed by atoms with Gasteiger partial charge in [-0.2, -0.15) is 0 Å². The lowest BCUT2D eigenvalue weighted by Gasteiger charge is -2.06. The normalized spacial score (nSPS) is 11.3. The van der Waals surface area contributed by atoms with Crippen LogP contribution in [0.3, 0.4) is 0 Å². The first-order valence-corrected chi connectivity index (χ1v) is 9.40. The molecule has 126 valence electrons. The summed E-state index contributed by atoms with van der Waals surface area (Å²) in [5, 5.41) is 11.8. The summed E-state index contributed by atoms with van der Waals surface area (Å²) < 4.78 is 1.95. The minimum atomic E-state index is 0.566. The summed E-state index contributed by atoms with van der Waals surface area (Å²) in [7, 11) is 1.94. The van der Waals surface area contributed by atoms with Gasteiger partial charge in [-0.05, 0) is 29.8 Å². The molecule has 0 aliphatic heterocycles. The number of H-pyrrole nitrogens is 1. The topological polar surface area (TPSA) is 46.5 Å². The molecule has 2 aromatic heterocycles. The number of rotatable bonds is 4. The van der Waals surface area contributed by atoms with E-state index >= 15 is 0 Å². The third-order valence-electron chi connectivity index (χ3n) is 4.04. The zero-order valence-corrected chi connectivity index (χ0v) is 15.7. The molecule has 0 atom stereocenters. The molecule has 4 nitrogen and oxygen atoms in total. The Hall–Kier alpha value is -1.95. The Morgan fingerprint density at radius 3 is 2.80 bits per heavy atom. The summed E-state index contributed by atoms with van der Waals surface area (Å²) in [6.45, 7) is 0. The van der Waals surface area contributed by atoms with Gasteiger partial charge in [-0.1, -0.05) is 53.2 Å². The molecule has 7 heteroatoms. The second-order valence-electron chi connectivity index (χ2n) is 5.64. The van der Waals surface area contributed by atoms with Gasteiger partial charge in [-0.25, -0.2) is 0 Å². The summed E-state index contributed by atoms with van der Waals surface area (Å²) in [4.78, 5) is 3.30. The van der Waals surface area contributed by atoms with Gasteiger partial charge in [0.1, 0.15) is 0 Å². The lowest BCUT2D eigenvalue weighted by atomic mass is 10.2. The first-order valence-electron chi connectivity index (χ1n) is 7.66. The Kier molecular flexibility index (Phi) is 4.46. The number of aromatic nitrogens is 4. The van der Waals surface area contributed by atoms with Gasteiger partial charge in [-0.15, -0.1) is 10.2 Å². The Bertz CT molecular complexity index is 1050. The van der Waals surface area contributed by atoms with Gasteiger partial charge in [0.25, 0.3) is 0 Å². The minimum absolute atomic E-state index is 0.566. The van der Waals surface area contributed by atoms with Crippen LogP contribution in [0.4, 0.5) is 0 Å². The van der Waals surface area contributed by atoms with Crippen molar-refractivity contribution in [3.05, 3.63) is 64.3 Å². The predicted molar refractivity (Wildman–Crippen MR) is 104 cm³/mol. The highest BCUT2D eigenvalue weighted by atomic mass is 35.5. The van der Waals surface area contributed by atoms with E-state index in [9.17, 15) is 0 Å². The second kappa shape index (κ2) is 6.75. The quantitative estimate of drug-likeness (QED) is 0.465. The molecule has 0 unspecified atom stereocenters. The van der Waals surface area contributed by atoms with E-state index in [0.29, 0.717) is 10.0 Å². The fourth-order valence-corrected chi connectivity index (χ4v) is 4.13. The molecule has 4 aromatic rings. The molecule has 0 aliphatic rings. The number of hydrogen-bond donors (Lipinski definition) is 1. The molecule has 0 aliphatic carbocycles. The molecule has 1 N–H and O–H groups in total. The van der Waals surface area contributed by atoms with Gasteiger partial charge in [0, 0.05) is 40.5 Å². The molecule has 2 heterocycles. The number of aromatic amines is 1. The van der Waals surface area contributed by atoms with Gasteiger partial charge in [0.15, 0.2) is 11.0 Å². The van der Waals surface area contributed by atoms with Crippen molar-refractivity contribution in [1.29, 1.82) is 0 Å². The van der Waals surface area contributed by atoms with Gasteiger partial charge >= 0.3 is 0 Å². The maximum atomic E-state index is 6.29. The minimum Gasteiger partial charge on any atom is -0.361 e. The third-order valence-corrected chi connectivity index (χ3v) is 5.66. The van der Waals surface area contributed by atoms with Crippen molar-refractivity contribution in [3.63, 3.8) is 0 Å². The van der Waals surface area contributed by atoms with Gasteiger partial charge in [0.2, 0.25) is 0 Å². The number of para-hydroxylation sites is 1. The Morgan fingerprint density at radius 2 is 1.96 bits per heavy atom. The molecule has 0 radical (unpaired) electrons. The van der Waals surface area contributed by atoms with Gasteiger partial charge in [-0.3, -0.25) is 0 Å². The van der Waals surface area contributed by atoms with Crippen LogP contribution in [0, 0.1) is 0 Å². The number of thioether (sulfide) groups is 1. The van der Waals surface area contributed by atoms with Gasteiger partial charge in [0.05, 0.1) is 5.02 Å². The predicted octanol–water partition coefficient (Wildman–Crippen LogP) is 5.56. The molecular formula is C18H14Cl2N4S. The molecule has 25 heavy (non-hydrogen) atoms. The number of benzene rings is 2. The maximum absolute atomic E-state index is 6.29. The van der Waals surface area contributed by atoms with E-state index in [1.54, 1.807) is 23.9 Å². The Morgan fingerprint density at radius 1 is 1.12 bits per heavy atom. The summed E-state index contributed by atoms with van der Waals surface area (Å²) in [6.07, 6.45) is 2.05. The lowest BCUT2D eigenvalue weighted by molar-refractivity contribution is 0.794. The van der Waals surface area contributed by atoms with Crippen LogP contribution in [0.25, 0.3) is 22.3 Å². The van der Waals surface area contributed by atoms with Crippen LogP contribution >= 0.6 is 35.0 Å². The van der Waals surface area contributed by atoms with E-state index in [0.717, 1.165) is 27.8 Å². The van der Waals surface area contributed by atoms with E-state index in [1.807, 2.05) is 36.0 Å². The zero-order valence-electron chi connectivity index (χ0n) is 13.3. The smallest absolute Gasteiger partial charge is 0.191 e. The summed E-state index contributed by atoms with van der Waals surface area (Å²) in [6, 6.07) is 13.7. The largest absolute Gasteiger partial charge is 0.361 e. The van der Waals surface area contributed by atoms with E-state index in [4.69, 9.17) is 23.2 Å². The molecule has 2 aromatic carbocycles. The standard InChI is InChI=1S/C18H14Cl2N4S/c1-24-17(14-7-6-12(19)8-15(14)20)22-23-18(24)25-10-11-9-21-16-5-3-2-4-13(11)16/h2-9,21H,10H2,1H3. The highest BCUT2D eigenvalue weighted by Crippen LogP contribution is 2.32. The summed E-state index contributed by atoms with van der Waals surface area (Å²) in [5.74, 6) is 1.53. The molecule has 4 rings (SSSR count). The van der Waals surface area contributed by atoms with Crippen LogP contribution in [-0.2, 0) is 12.8 Å². The molecule has 0 spiro atoms. The zero-order chi connectivity index (χ0) is 17.4. The summed E-state index contributed by atoms with van der Waals surface area (Å²) >= 11 is 13.9. The SMILES string of the molecule is Cn1c(SCc2c[nH]c3ccccc23)nnc1-c1ccc(Cl)cc1Cl. The second-order valence-corrected chi connectivity index (χ2v) is 7.42.